The lowest BCUT2D eigenvalue weighted by molar-refractivity contribution is 0.473. The number of ether oxygens (including phenoxy) is 1. The standard InChI is InChI=1S/C24H23F2N3O3S/c1-16(2)15-29-23-9-6-21(12-17(23)13-27-29)32-24-10-5-20(26)11-18(24)14-28-33(30,31)22-7-3-19(25)4-8-22/h3-13,16,28H,14-15H2,1-2H3. The molecule has 0 aliphatic heterocycles. The number of nitrogens with one attached hydrogen (secondary N) is 1. The Hall–Kier alpha value is -3.30. The van der Waals surface area contributed by atoms with Crippen LogP contribution in [0, 0.1) is 17.6 Å². The second-order valence-corrected chi connectivity index (χ2v) is 9.84. The molecule has 3 aromatic carbocycles. The minimum atomic E-state index is -3.92. The van der Waals surface area contributed by atoms with Gasteiger partial charge in [-0.05, 0) is 66.6 Å². The van der Waals surface area contributed by atoms with Crippen LogP contribution in [0.25, 0.3) is 10.9 Å². The molecule has 0 saturated carbocycles. The second kappa shape index (κ2) is 9.29. The van der Waals surface area contributed by atoms with Gasteiger partial charge in [-0.15, -0.1) is 0 Å². The molecule has 0 fully saturated rings. The minimum absolute atomic E-state index is 0.0911. The zero-order valence-corrected chi connectivity index (χ0v) is 18.9. The number of fused-ring (bicyclic) bond motifs is 1. The van der Waals surface area contributed by atoms with Gasteiger partial charge in [0.25, 0.3) is 0 Å². The van der Waals surface area contributed by atoms with E-state index in [-0.39, 0.29) is 11.4 Å². The Morgan fingerprint density at radius 1 is 1.00 bits per heavy atom. The van der Waals surface area contributed by atoms with Gasteiger partial charge in [0.2, 0.25) is 10.0 Å². The van der Waals surface area contributed by atoms with Crippen LogP contribution in [0.15, 0.2) is 71.8 Å². The van der Waals surface area contributed by atoms with E-state index in [4.69, 9.17) is 4.74 Å². The van der Waals surface area contributed by atoms with Gasteiger partial charge in [0, 0.05) is 24.0 Å². The Bertz CT molecular complexity index is 1380. The van der Waals surface area contributed by atoms with Crippen molar-refractivity contribution in [2.45, 2.75) is 31.8 Å². The molecule has 1 heterocycles. The van der Waals surface area contributed by atoms with Crippen LogP contribution in [0.1, 0.15) is 19.4 Å². The predicted octanol–water partition coefficient (Wildman–Crippen LogP) is 5.24. The van der Waals surface area contributed by atoms with Crippen molar-refractivity contribution in [3.05, 3.63) is 84.1 Å². The lowest BCUT2D eigenvalue weighted by Gasteiger charge is -2.13. The number of halogens is 2. The van der Waals surface area contributed by atoms with Crippen LogP contribution < -0.4 is 9.46 Å². The maximum absolute atomic E-state index is 13.9. The van der Waals surface area contributed by atoms with Gasteiger partial charge < -0.3 is 4.74 Å². The maximum Gasteiger partial charge on any atom is 0.240 e. The smallest absolute Gasteiger partial charge is 0.240 e. The first-order valence-electron chi connectivity index (χ1n) is 10.4. The Kier molecular flexibility index (Phi) is 6.44. The molecule has 33 heavy (non-hydrogen) atoms. The molecule has 0 amide bonds. The maximum atomic E-state index is 13.9. The number of nitrogens with zero attached hydrogens (tertiary/aromatic N) is 2. The van der Waals surface area contributed by atoms with Crippen molar-refractivity contribution in [1.29, 1.82) is 0 Å². The Morgan fingerprint density at radius 2 is 1.73 bits per heavy atom. The summed E-state index contributed by atoms with van der Waals surface area (Å²) in [6, 6.07) is 13.9. The molecule has 1 aromatic heterocycles. The largest absolute Gasteiger partial charge is 0.457 e. The highest BCUT2D eigenvalue weighted by atomic mass is 32.2. The molecule has 9 heteroatoms. The molecule has 6 nitrogen and oxygen atoms in total. The van der Waals surface area contributed by atoms with Crippen LogP contribution in [-0.2, 0) is 23.1 Å². The van der Waals surface area contributed by atoms with E-state index in [0.29, 0.717) is 23.0 Å². The first-order valence-corrected chi connectivity index (χ1v) is 11.9. The molecule has 4 aromatic rings. The molecule has 1 N–H and O–H groups in total. The van der Waals surface area contributed by atoms with Crippen LogP contribution >= 0.6 is 0 Å². The SMILES string of the molecule is CC(C)Cn1ncc2cc(Oc3ccc(F)cc3CNS(=O)(=O)c3ccc(F)cc3)ccc21. The number of sulfonamides is 1. The van der Waals surface area contributed by atoms with Gasteiger partial charge in [-0.1, -0.05) is 13.8 Å². The van der Waals surface area contributed by atoms with Gasteiger partial charge in [0.1, 0.15) is 23.1 Å². The molecule has 0 aliphatic rings. The number of hydrogen-bond acceptors (Lipinski definition) is 4. The van der Waals surface area contributed by atoms with E-state index in [2.05, 4.69) is 23.7 Å². The molecule has 0 bridgehead atoms. The van der Waals surface area contributed by atoms with Gasteiger partial charge in [-0.25, -0.2) is 21.9 Å². The lowest BCUT2D eigenvalue weighted by Crippen LogP contribution is -2.23. The molecule has 0 radical (unpaired) electrons. The summed E-state index contributed by atoms with van der Waals surface area (Å²) in [6.07, 6.45) is 1.76. The first kappa shape index (κ1) is 22.9. The van der Waals surface area contributed by atoms with E-state index in [9.17, 15) is 17.2 Å². The van der Waals surface area contributed by atoms with E-state index >= 15 is 0 Å². The average molecular weight is 472 g/mol. The normalized spacial score (nSPS) is 11.9. The third-order valence-electron chi connectivity index (χ3n) is 4.98. The molecule has 0 aliphatic carbocycles. The van der Waals surface area contributed by atoms with Crippen LogP contribution in [0.5, 0.6) is 11.5 Å². The summed E-state index contributed by atoms with van der Waals surface area (Å²) in [5.41, 5.74) is 1.29. The van der Waals surface area contributed by atoms with Gasteiger partial charge in [-0.3, -0.25) is 4.68 Å². The number of hydrogen-bond donors (Lipinski definition) is 1. The Balaban J connectivity index is 1.55. The fourth-order valence-corrected chi connectivity index (χ4v) is 4.41. The Morgan fingerprint density at radius 3 is 2.45 bits per heavy atom. The first-order chi connectivity index (χ1) is 15.7. The van der Waals surface area contributed by atoms with Crippen molar-refractivity contribution in [2.24, 2.45) is 5.92 Å². The van der Waals surface area contributed by atoms with E-state index < -0.39 is 21.7 Å². The van der Waals surface area contributed by atoms with Gasteiger partial charge in [0.05, 0.1) is 16.6 Å². The van der Waals surface area contributed by atoms with Gasteiger partial charge >= 0.3 is 0 Å². The van der Waals surface area contributed by atoms with Crippen molar-refractivity contribution in [3.63, 3.8) is 0 Å². The fraction of sp³-hybridized carbons (Fsp3) is 0.208. The van der Waals surface area contributed by atoms with E-state index in [0.717, 1.165) is 41.7 Å². The highest BCUT2D eigenvalue weighted by molar-refractivity contribution is 7.89. The molecule has 0 atom stereocenters. The monoisotopic (exact) mass is 471 g/mol. The van der Waals surface area contributed by atoms with Crippen molar-refractivity contribution in [1.82, 2.24) is 14.5 Å². The number of benzene rings is 3. The lowest BCUT2D eigenvalue weighted by atomic mass is 10.2. The topological polar surface area (TPSA) is 73.2 Å². The van der Waals surface area contributed by atoms with Crippen LogP contribution in [0.3, 0.4) is 0 Å². The molecular weight excluding hydrogens is 448 g/mol. The molecular formula is C24H23F2N3O3S. The van der Waals surface area contributed by atoms with E-state index in [1.165, 1.54) is 18.2 Å². The summed E-state index contributed by atoms with van der Waals surface area (Å²) in [5, 5.41) is 5.31. The minimum Gasteiger partial charge on any atom is -0.457 e. The summed E-state index contributed by atoms with van der Waals surface area (Å²) >= 11 is 0. The highest BCUT2D eigenvalue weighted by Gasteiger charge is 2.16. The van der Waals surface area contributed by atoms with Crippen LogP contribution in [-0.4, -0.2) is 18.2 Å². The molecule has 0 saturated heterocycles. The van der Waals surface area contributed by atoms with Crippen molar-refractivity contribution in [2.75, 3.05) is 0 Å². The van der Waals surface area contributed by atoms with Gasteiger partial charge in [0.15, 0.2) is 0 Å². The average Bonchev–Trinajstić information content (AvgIpc) is 3.15. The Labute approximate surface area is 190 Å². The summed E-state index contributed by atoms with van der Waals surface area (Å²) in [6.45, 7) is 4.82. The summed E-state index contributed by atoms with van der Waals surface area (Å²) in [5.74, 6) is 0.211. The number of rotatable bonds is 8. The molecule has 4 rings (SSSR count). The van der Waals surface area contributed by atoms with E-state index in [1.807, 2.05) is 16.8 Å². The molecule has 0 spiro atoms. The third-order valence-corrected chi connectivity index (χ3v) is 6.40. The van der Waals surface area contributed by atoms with Crippen molar-refractivity contribution in [3.8, 4) is 11.5 Å². The molecule has 0 unspecified atom stereocenters. The van der Waals surface area contributed by atoms with E-state index in [1.54, 1.807) is 12.3 Å². The fourth-order valence-electron chi connectivity index (χ4n) is 3.40. The second-order valence-electron chi connectivity index (χ2n) is 8.07. The predicted molar refractivity (Wildman–Crippen MR) is 121 cm³/mol. The zero-order valence-electron chi connectivity index (χ0n) is 18.1. The summed E-state index contributed by atoms with van der Waals surface area (Å²) in [4.78, 5) is -0.0911. The van der Waals surface area contributed by atoms with Crippen LogP contribution in [0.2, 0.25) is 0 Å². The highest BCUT2D eigenvalue weighted by Crippen LogP contribution is 2.29. The van der Waals surface area contributed by atoms with Crippen molar-refractivity contribution >= 4 is 20.9 Å². The number of aromatic nitrogens is 2. The quantitative estimate of drug-likeness (QED) is 0.381. The summed E-state index contributed by atoms with van der Waals surface area (Å²) < 4.78 is 62.3. The third kappa shape index (κ3) is 5.37. The van der Waals surface area contributed by atoms with Crippen molar-refractivity contribution < 1.29 is 21.9 Å². The zero-order chi connectivity index (χ0) is 23.6. The van der Waals surface area contributed by atoms with Gasteiger partial charge in [-0.2, -0.15) is 5.10 Å². The summed E-state index contributed by atoms with van der Waals surface area (Å²) in [7, 11) is -3.92. The van der Waals surface area contributed by atoms with Crippen LogP contribution in [0.4, 0.5) is 8.78 Å². The molecule has 172 valence electrons.